The third kappa shape index (κ3) is 4.22. The van der Waals surface area contributed by atoms with Gasteiger partial charge >= 0.3 is 0 Å². The van der Waals surface area contributed by atoms with Crippen LogP contribution in [0.4, 0.5) is 8.78 Å². The average molecular weight is 457 g/mol. The van der Waals surface area contributed by atoms with Crippen LogP contribution in [0.3, 0.4) is 0 Å². The fourth-order valence-electron chi connectivity index (χ4n) is 4.08. The van der Waals surface area contributed by atoms with Crippen LogP contribution in [0.25, 0.3) is 22.3 Å². The molecular formula is C22H26F2N8O. The van der Waals surface area contributed by atoms with Crippen molar-refractivity contribution in [3.05, 3.63) is 47.2 Å². The van der Waals surface area contributed by atoms with Gasteiger partial charge in [0.1, 0.15) is 6.54 Å². The van der Waals surface area contributed by atoms with Gasteiger partial charge in [-0.15, -0.1) is 0 Å². The van der Waals surface area contributed by atoms with Gasteiger partial charge < -0.3 is 5.32 Å². The van der Waals surface area contributed by atoms with Crippen molar-refractivity contribution in [3.63, 3.8) is 0 Å². The summed E-state index contributed by atoms with van der Waals surface area (Å²) < 4.78 is 32.6. The summed E-state index contributed by atoms with van der Waals surface area (Å²) in [7, 11) is 1.74. The maximum absolute atomic E-state index is 13.9. The van der Waals surface area contributed by atoms with E-state index in [-0.39, 0.29) is 35.1 Å². The molecule has 4 heterocycles. The lowest BCUT2D eigenvalue weighted by Crippen LogP contribution is -2.30. The first-order valence-corrected chi connectivity index (χ1v) is 10.7. The maximum Gasteiger partial charge on any atom is 0.264 e. The number of nitrogens with one attached hydrogen (secondary N) is 1. The Morgan fingerprint density at radius 2 is 1.91 bits per heavy atom. The number of amides is 1. The lowest BCUT2D eigenvalue weighted by molar-refractivity contribution is -0.122. The van der Waals surface area contributed by atoms with E-state index in [0.717, 1.165) is 17.8 Å². The molecule has 0 fully saturated rings. The van der Waals surface area contributed by atoms with Gasteiger partial charge in [0.2, 0.25) is 5.91 Å². The smallest absolute Gasteiger partial charge is 0.264 e. The molecule has 0 aromatic carbocycles. The van der Waals surface area contributed by atoms with E-state index >= 15 is 0 Å². The predicted octanol–water partition coefficient (Wildman–Crippen LogP) is 3.48. The second kappa shape index (κ2) is 8.72. The van der Waals surface area contributed by atoms with Crippen LogP contribution in [0.5, 0.6) is 0 Å². The molecule has 4 aromatic heterocycles. The molecule has 4 rings (SSSR count). The number of pyridine rings is 1. The zero-order chi connectivity index (χ0) is 23.9. The van der Waals surface area contributed by atoms with Crippen LogP contribution >= 0.6 is 0 Å². The molecule has 0 spiro atoms. The van der Waals surface area contributed by atoms with Crippen LogP contribution in [0.2, 0.25) is 0 Å². The number of hydrogen-bond acceptors (Lipinski definition) is 5. The van der Waals surface area contributed by atoms with E-state index in [4.69, 9.17) is 0 Å². The summed E-state index contributed by atoms with van der Waals surface area (Å²) in [6, 6.07) is 1.09. The Labute approximate surface area is 189 Å². The normalized spacial score (nSPS) is 12.6. The SMILES string of the molecule is CCn1ncc(C(C)NC(=O)Cn2nc(C)c3c(C(F)F)cc(-c4cnn(C)c4)nc32)c1C. The van der Waals surface area contributed by atoms with Gasteiger partial charge in [-0.1, -0.05) is 0 Å². The lowest BCUT2D eigenvalue weighted by atomic mass is 10.1. The molecule has 0 aliphatic rings. The Hall–Kier alpha value is -3.63. The number of alkyl halides is 2. The summed E-state index contributed by atoms with van der Waals surface area (Å²) in [6.45, 7) is 8.05. The summed E-state index contributed by atoms with van der Waals surface area (Å²) >= 11 is 0. The molecule has 1 N–H and O–H groups in total. The predicted molar refractivity (Wildman–Crippen MR) is 119 cm³/mol. The molecule has 0 aliphatic heterocycles. The molecule has 1 amide bonds. The maximum atomic E-state index is 13.9. The summed E-state index contributed by atoms with van der Waals surface area (Å²) in [5, 5.41) is 16.0. The topological polar surface area (TPSA) is 95.5 Å². The third-order valence-corrected chi connectivity index (χ3v) is 5.72. The largest absolute Gasteiger partial charge is 0.348 e. The van der Waals surface area contributed by atoms with E-state index in [1.54, 1.807) is 37.2 Å². The van der Waals surface area contributed by atoms with Gasteiger partial charge in [0.05, 0.1) is 35.2 Å². The van der Waals surface area contributed by atoms with Crippen molar-refractivity contribution in [2.45, 2.75) is 53.3 Å². The van der Waals surface area contributed by atoms with Crippen molar-refractivity contribution in [1.29, 1.82) is 0 Å². The highest BCUT2D eigenvalue weighted by atomic mass is 19.3. The monoisotopic (exact) mass is 456 g/mol. The third-order valence-electron chi connectivity index (χ3n) is 5.72. The van der Waals surface area contributed by atoms with Crippen molar-refractivity contribution < 1.29 is 13.6 Å². The van der Waals surface area contributed by atoms with Crippen molar-refractivity contribution in [1.82, 2.24) is 39.6 Å². The molecule has 0 radical (unpaired) electrons. The summed E-state index contributed by atoms with van der Waals surface area (Å²) in [4.78, 5) is 17.4. The van der Waals surface area contributed by atoms with E-state index in [2.05, 4.69) is 25.6 Å². The Morgan fingerprint density at radius 3 is 2.52 bits per heavy atom. The van der Waals surface area contributed by atoms with Gasteiger partial charge in [0, 0.05) is 42.2 Å². The van der Waals surface area contributed by atoms with Crippen LogP contribution in [-0.2, 0) is 24.9 Å². The fourth-order valence-corrected chi connectivity index (χ4v) is 4.08. The summed E-state index contributed by atoms with van der Waals surface area (Å²) in [5.41, 5.74) is 3.32. The Morgan fingerprint density at radius 1 is 1.15 bits per heavy atom. The molecule has 1 atom stereocenters. The van der Waals surface area contributed by atoms with Gasteiger partial charge in [-0.05, 0) is 33.8 Å². The number of aromatic nitrogens is 7. The van der Waals surface area contributed by atoms with Crippen LogP contribution in [0.1, 0.15) is 48.8 Å². The van der Waals surface area contributed by atoms with E-state index < -0.39 is 6.43 Å². The molecule has 0 saturated heterocycles. The average Bonchev–Trinajstić information content (AvgIpc) is 3.44. The van der Waals surface area contributed by atoms with Gasteiger partial charge in [0.25, 0.3) is 6.43 Å². The minimum absolute atomic E-state index is 0.151. The number of fused-ring (bicyclic) bond motifs is 1. The van der Waals surface area contributed by atoms with E-state index in [9.17, 15) is 13.6 Å². The van der Waals surface area contributed by atoms with E-state index in [1.165, 1.54) is 10.7 Å². The molecule has 11 heteroatoms. The van der Waals surface area contributed by atoms with E-state index in [1.807, 2.05) is 25.5 Å². The van der Waals surface area contributed by atoms with Crippen LogP contribution < -0.4 is 5.32 Å². The van der Waals surface area contributed by atoms with Crippen molar-refractivity contribution in [3.8, 4) is 11.3 Å². The molecule has 0 aliphatic carbocycles. The summed E-state index contributed by atoms with van der Waals surface area (Å²) in [5.74, 6) is -0.303. The standard InChI is InChI=1S/C22H26F2N8O/c1-6-31-14(4)17(9-26-31)12(2)27-19(33)11-32-22-20(13(3)29-32)16(21(23)24)7-18(28-22)15-8-25-30(5)10-15/h7-10,12,21H,6,11H2,1-5H3,(H,27,33). The van der Waals surface area contributed by atoms with Crippen LogP contribution in [0.15, 0.2) is 24.7 Å². The first-order valence-electron chi connectivity index (χ1n) is 10.7. The van der Waals surface area contributed by atoms with Crippen LogP contribution in [-0.4, -0.2) is 40.2 Å². The number of aryl methyl sites for hydroxylation is 3. The van der Waals surface area contributed by atoms with Gasteiger partial charge in [-0.3, -0.25) is 14.2 Å². The highest BCUT2D eigenvalue weighted by molar-refractivity contribution is 5.87. The zero-order valence-corrected chi connectivity index (χ0v) is 19.2. The fraction of sp³-hybridized carbons (Fsp3) is 0.409. The zero-order valence-electron chi connectivity index (χ0n) is 19.2. The van der Waals surface area contributed by atoms with E-state index in [0.29, 0.717) is 17.0 Å². The minimum atomic E-state index is -2.71. The number of halogens is 2. The van der Waals surface area contributed by atoms with Crippen LogP contribution in [0, 0.1) is 13.8 Å². The Kier molecular flexibility index (Phi) is 5.96. The minimum Gasteiger partial charge on any atom is -0.348 e. The highest BCUT2D eigenvalue weighted by Gasteiger charge is 2.23. The molecule has 0 saturated carbocycles. The molecule has 33 heavy (non-hydrogen) atoms. The number of hydrogen-bond donors (Lipinski definition) is 1. The second-order valence-electron chi connectivity index (χ2n) is 8.03. The van der Waals surface area contributed by atoms with Crippen molar-refractivity contribution in [2.75, 3.05) is 0 Å². The number of rotatable bonds is 7. The number of carbonyl (C=O) groups is 1. The Balaban J connectivity index is 1.66. The first-order chi connectivity index (χ1) is 15.7. The van der Waals surface area contributed by atoms with Crippen molar-refractivity contribution in [2.24, 2.45) is 7.05 Å². The molecular weight excluding hydrogens is 430 g/mol. The second-order valence-corrected chi connectivity index (χ2v) is 8.03. The number of nitrogens with zero attached hydrogens (tertiary/aromatic N) is 7. The van der Waals surface area contributed by atoms with Crippen molar-refractivity contribution >= 4 is 16.9 Å². The highest BCUT2D eigenvalue weighted by Crippen LogP contribution is 2.33. The summed E-state index contributed by atoms with van der Waals surface area (Å²) in [6.07, 6.45) is 2.29. The van der Waals surface area contributed by atoms with Gasteiger partial charge in [-0.25, -0.2) is 18.4 Å². The first kappa shape index (κ1) is 22.6. The molecule has 174 valence electrons. The molecule has 9 nitrogen and oxygen atoms in total. The molecule has 1 unspecified atom stereocenters. The lowest BCUT2D eigenvalue weighted by Gasteiger charge is -2.14. The quantitative estimate of drug-likeness (QED) is 0.459. The van der Waals surface area contributed by atoms with Gasteiger partial charge in [-0.2, -0.15) is 15.3 Å². The van der Waals surface area contributed by atoms with Gasteiger partial charge in [0.15, 0.2) is 5.65 Å². The molecule has 0 bridgehead atoms. The molecule has 4 aromatic rings. The Bertz CT molecular complexity index is 1320. The number of carbonyl (C=O) groups excluding carboxylic acids is 1.